The van der Waals surface area contributed by atoms with Crippen LogP contribution in [-0.4, -0.2) is 34.8 Å². The molecule has 194 valence electrons. The Bertz CT molecular complexity index is 1220. The van der Waals surface area contributed by atoms with E-state index in [1.54, 1.807) is 6.92 Å². The van der Waals surface area contributed by atoms with Crippen LogP contribution in [0.5, 0.6) is 0 Å². The Hall–Kier alpha value is -3.51. The fourth-order valence-corrected chi connectivity index (χ4v) is 5.14. The molecule has 0 radical (unpaired) electrons. The maximum Gasteiger partial charge on any atom is 0.225 e. The Morgan fingerprint density at radius 2 is 1.59 bits per heavy atom. The summed E-state index contributed by atoms with van der Waals surface area (Å²) in [7, 11) is 1.87. The van der Waals surface area contributed by atoms with Gasteiger partial charge in [-0.15, -0.1) is 0 Å². The van der Waals surface area contributed by atoms with Crippen LogP contribution in [0.4, 0.5) is 5.82 Å². The van der Waals surface area contributed by atoms with Crippen LogP contribution in [-0.2, 0) is 15.1 Å². The molecule has 6 heteroatoms. The summed E-state index contributed by atoms with van der Waals surface area (Å²) in [5.74, 6) is 0.966. The van der Waals surface area contributed by atoms with E-state index in [-0.39, 0.29) is 17.9 Å². The average molecular weight is 499 g/mol. The Labute approximate surface area is 220 Å². The van der Waals surface area contributed by atoms with Crippen molar-refractivity contribution in [3.05, 3.63) is 72.4 Å². The molecule has 1 heterocycles. The third kappa shape index (κ3) is 6.63. The second-order valence-electron chi connectivity index (χ2n) is 10.8. The fourth-order valence-electron chi connectivity index (χ4n) is 5.14. The number of nitrogens with one attached hydrogen (secondary N) is 1. The molecule has 0 saturated heterocycles. The van der Waals surface area contributed by atoms with Crippen LogP contribution in [0.2, 0.25) is 0 Å². The summed E-state index contributed by atoms with van der Waals surface area (Å²) >= 11 is 0. The maximum absolute atomic E-state index is 12.9. The largest absolute Gasteiger partial charge is 0.343 e. The molecular formula is C31H38N4O2. The lowest BCUT2D eigenvalue weighted by atomic mass is 9.83. The number of carbonyl (C=O) groups excluding carboxylic acids is 2. The van der Waals surface area contributed by atoms with E-state index in [4.69, 9.17) is 5.73 Å². The monoisotopic (exact) mass is 498 g/mol. The summed E-state index contributed by atoms with van der Waals surface area (Å²) in [6, 6.07) is 20.7. The third-order valence-electron chi connectivity index (χ3n) is 7.53. The summed E-state index contributed by atoms with van der Waals surface area (Å²) in [5.41, 5.74) is 11.0. The fraction of sp³-hybridized carbons (Fsp3) is 0.387. The van der Waals surface area contributed by atoms with Gasteiger partial charge in [0.25, 0.3) is 0 Å². The Morgan fingerprint density at radius 3 is 2.19 bits per heavy atom. The minimum Gasteiger partial charge on any atom is -0.343 e. The Kier molecular flexibility index (Phi) is 8.08. The zero-order valence-electron chi connectivity index (χ0n) is 22.3. The van der Waals surface area contributed by atoms with Gasteiger partial charge in [-0.05, 0) is 73.8 Å². The van der Waals surface area contributed by atoms with Gasteiger partial charge in [0.05, 0.1) is 0 Å². The lowest BCUT2D eigenvalue weighted by Crippen LogP contribution is -2.38. The summed E-state index contributed by atoms with van der Waals surface area (Å²) in [5, 5.41) is 3.03. The number of nitrogens with two attached hydrogens (primary N) is 1. The van der Waals surface area contributed by atoms with Crippen LogP contribution < -0.4 is 11.1 Å². The Morgan fingerprint density at radius 1 is 0.973 bits per heavy atom. The van der Waals surface area contributed by atoms with E-state index >= 15 is 0 Å². The summed E-state index contributed by atoms with van der Waals surface area (Å²) in [6.45, 7) is 5.59. The van der Waals surface area contributed by atoms with Gasteiger partial charge in [0.15, 0.2) is 0 Å². The molecule has 0 atom stereocenters. The van der Waals surface area contributed by atoms with E-state index in [0.717, 1.165) is 53.5 Å². The molecule has 6 nitrogen and oxygen atoms in total. The summed E-state index contributed by atoms with van der Waals surface area (Å²) in [6.07, 6.45) is 6.10. The molecule has 2 amide bonds. The molecule has 1 aromatic heterocycles. The number of rotatable bonds is 7. The molecule has 3 aromatic rings. The highest BCUT2D eigenvalue weighted by Gasteiger charge is 2.26. The Balaban J connectivity index is 1.49. The first-order valence-electron chi connectivity index (χ1n) is 13.1. The highest BCUT2D eigenvalue weighted by atomic mass is 16.2. The van der Waals surface area contributed by atoms with Gasteiger partial charge >= 0.3 is 0 Å². The molecule has 3 N–H and O–H groups in total. The molecule has 1 aliphatic carbocycles. The molecule has 0 unspecified atom stereocenters. The van der Waals surface area contributed by atoms with Crippen molar-refractivity contribution in [1.82, 2.24) is 9.88 Å². The van der Waals surface area contributed by atoms with Crippen molar-refractivity contribution in [3.63, 3.8) is 0 Å². The highest BCUT2D eigenvalue weighted by molar-refractivity contribution is 5.92. The van der Waals surface area contributed by atoms with Gasteiger partial charge in [-0.25, -0.2) is 4.98 Å². The predicted octanol–water partition coefficient (Wildman–Crippen LogP) is 5.98. The zero-order valence-corrected chi connectivity index (χ0v) is 22.3. The van der Waals surface area contributed by atoms with Crippen molar-refractivity contribution in [2.75, 3.05) is 12.4 Å². The lowest BCUT2D eigenvalue weighted by Gasteiger charge is -2.34. The van der Waals surface area contributed by atoms with E-state index < -0.39 is 5.54 Å². The molecule has 1 fully saturated rings. The number of nitrogens with zero attached hydrogens (tertiary/aromatic N) is 2. The maximum atomic E-state index is 12.9. The van der Waals surface area contributed by atoms with E-state index in [1.807, 2.05) is 56.3 Å². The molecule has 2 aromatic carbocycles. The number of hydrogen-bond acceptors (Lipinski definition) is 4. The standard InChI is InChI=1S/C31H38N4O2/c1-21(36)35(4)26-16-10-22(11-17-26)18-30(37)34-29-19-27(23-8-6-5-7-9-23)28(20-33-29)24-12-14-25(15-13-24)31(2,3)32/h5-9,12-15,19-20,22,26H,10-11,16-18,32H2,1-4H3,(H,33,34,37). The number of benzene rings is 2. The second-order valence-corrected chi connectivity index (χ2v) is 10.8. The minimum absolute atomic E-state index is 0.0165. The third-order valence-corrected chi connectivity index (χ3v) is 7.53. The highest BCUT2D eigenvalue weighted by Crippen LogP contribution is 2.34. The topological polar surface area (TPSA) is 88.3 Å². The summed E-state index contributed by atoms with van der Waals surface area (Å²) in [4.78, 5) is 31.0. The minimum atomic E-state index is -0.407. The second kappa shape index (κ2) is 11.3. The number of carbonyl (C=O) groups is 2. The van der Waals surface area contributed by atoms with Crippen LogP contribution >= 0.6 is 0 Å². The molecule has 0 bridgehead atoms. The summed E-state index contributed by atoms with van der Waals surface area (Å²) < 4.78 is 0. The molecule has 1 aliphatic rings. The molecule has 1 saturated carbocycles. The van der Waals surface area contributed by atoms with Crippen LogP contribution in [0.1, 0.15) is 58.4 Å². The first kappa shape index (κ1) is 26.6. The van der Waals surface area contributed by atoms with Gasteiger partial charge in [-0.2, -0.15) is 0 Å². The van der Waals surface area contributed by atoms with Crippen LogP contribution in [0, 0.1) is 5.92 Å². The number of amides is 2. The van der Waals surface area contributed by atoms with Crippen LogP contribution in [0.15, 0.2) is 66.9 Å². The van der Waals surface area contributed by atoms with Crippen molar-refractivity contribution in [2.45, 2.75) is 64.5 Å². The average Bonchev–Trinajstić information content (AvgIpc) is 2.88. The van der Waals surface area contributed by atoms with Crippen molar-refractivity contribution in [2.24, 2.45) is 11.7 Å². The van der Waals surface area contributed by atoms with Gasteiger partial charge in [0, 0.05) is 43.7 Å². The van der Waals surface area contributed by atoms with E-state index in [9.17, 15) is 9.59 Å². The SMILES string of the molecule is CC(=O)N(C)C1CCC(CC(=O)Nc2cc(-c3ccccc3)c(-c3ccc(C(C)(C)N)cc3)cn2)CC1. The molecule has 0 spiro atoms. The quantitative estimate of drug-likeness (QED) is 0.420. The first-order chi connectivity index (χ1) is 17.6. The van der Waals surface area contributed by atoms with E-state index in [0.29, 0.717) is 18.2 Å². The molecular weight excluding hydrogens is 460 g/mol. The van der Waals surface area contributed by atoms with Crippen LogP contribution in [0.3, 0.4) is 0 Å². The first-order valence-corrected chi connectivity index (χ1v) is 13.1. The van der Waals surface area contributed by atoms with Gasteiger partial charge in [-0.3, -0.25) is 9.59 Å². The van der Waals surface area contributed by atoms with Gasteiger partial charge < -0.3 is 16.0 Å². The van der Waals surface area contributed by atoms with E-state index in [1.165, 1.54) is 0 Å². The number of aromatic nitrogens is 1. The normalized spacial score (nSPS) is 17.8. The number of hydrogen-bond donors (Lipinski definition) is 2. The van der Waals surface area contributed by atoms with Crippen molar-refractivity contribution in [1.29, 1.82) is 0 Å². The smallest absolute Gasteiger partial charge is 0.225 e. The molecule has 4 rings (SSSR count). The van der Waals surface area contributed by atoms with Gasteiger partial charge in [0.2, 0.25) is 11.8 Å². The zero-order chi connectivity index (χ0) is 26.6. The number of pyridine rings is 1. The van der Waals surface area contributed by atoms with Gasteiger partial charge in [-0.1, -0.05) is 54.6 Å². The van der Waals surface area contributed by atoms with Crippen LogP contribution in [0.25, 0.3) is 22.3 Å². The molecule has 0 aliphatic heterocycles. The van der Waals surface area contributed by atoms with Crippen molar-refractivity contribution in [3.8, 4) is 22.3 Å². The van der Waals surface area contributed by atoms with Crippen molar-refractivity contribution >= 4 is 17.6 Å². The lowest BCUT2D eigenvalue weighted by molar-refractivity contribution is -0.130. The van der Waals surface area contributed by atoms with Gasteiger partial charge in [0.1, 0.15) is 5.82 Å². The van der Waals surface area contributed by atoms with E-state index in [2.05, 4.69) is 46.7 Å². The number of anilines is 1. The predicted molar refractivity (Wildman–Crippen MR) is 150 cm³/mol. The molecule has 37 heavy (non-hydrogen) atoms. The van der Waals surface area contributed by atoms with Crippen molar-refractivity contribution < 1.29 is 9.59 Å².